The Morgan fingerprint density at radius 3 is 3.00 bits per heavy atom. The number of halogens is 1. The zero-order valence-corrected chi connectivity index (χ0v) is 12.6. The number of benzene rings is 1. The van der Waals surface area contributed by atoms with Crippen LogP contribution in [0.4, 0.5) is 4.39 Å². The minimum Gasteiger partial charge on any atom is -0.480 e. The Morgan fingerprint density at radius 1 is 1.43 bits per heavy atom. The highest BCUT2D eigenvalue weighted by atomic mass is 19.1. The highest BCUT2D eigenvalue weighted by molar-refractivity contribution is 5.81. The molecule has 0 aromatic heterocycles. The second kappa shape index (κ2) is 7.41. The number of nitrogens with one attached hydrogen (secondary N) is 2. The molecule has 1 fully saturated rings. The zero-order valence-electron chi connectivity index (χ0n) is 12.6. The third-order valence-corrected chi connectivity index (χ3v) is 3.48. The van der Waals surface area contributed by atoms with Crippen LogP contribution in [0.15, 0.2) is 18.2 Å². The first kappa shape index (κ1) is 15.8. The Labute approximate surface area is 125 Å². The monoisotopic (exact) mass is 294 g/mol. The predicted octanol–water partition coefficient (Wildman–Crippen LogP) is 2.37. The second-order valence-corrected chi connectivity index (χ2v) is 5.68. The molecule has 1 unspecified atom stereocenters. The maximum Gasteiger partial charge on any atom is 0.261 e. The van der Waals surface area contributed by atoms with Crippen molar-refractivity contribution in [3.8, 4) is 5.75 Å². The minimum atomic E-state index is -0.490. The van der Waals surface area contributed by atoms with Crippen molar-refractivity contribution in [2.75, 3.05) is 6.54 Å². The van der Waals surface area contributed by atoms with Gasteiger partial charge in [-0.1, -0.05) is 13.8 Å². The predicted molar refractivity (Wildman–Crippen MR) is 79.7 cm³/mol. The third kappa shape index (κ3) is 4.70. The number of hydrogen-bond donors (Lipinski definition) is 2. The average Bonchev–Trinajstić information content (AvgIpc) is 2.64. The molecule has 5 heteroatoms. The molecule has 0 bridgehead atoms. The van der Waals surface area contributed by atoms with Gasteiger partial charge in [-0.25, -0.2) is 4.39 Å². The van der Waals surface area contributed by atoms with Crippen LogP contribution in [0.2, 0.25) is 0 Å². The van der Waals surface area contributed by atoms with Crippen molar-refractivity contribution >= 4 is 5.91 Å². The van der Waals surface area contributed by atoms with E-state index in [2.05, 4.69) is 10.6 Å². The highest BCUT2D eigenvalue weighted by Gasteiger charge is 2.23. The topological polar surface area (TPSA) is 50.4 Å². The summed E-state index contributed by atoms with van der Waals surface area (Å²) in [5.74, 6) is 0.194. The molecule has 0 spiro atoms. The van der Waals surface area contributed by atoms with Gasteiger partial charge in [0.25, 0.3) is 5.91 Å². The summed E-state index contributed by atoms with van der Waals surface area (Å²) in [5, 5.41) is 6.09. The Hall–Kier alpha value is -1.62. The van der Waals surface area contributed by atoms with Crippen LogP contribution < -0.4 is 15.4 Å². The molecule has 1 atom stereocenters. The van der Waals surface area contributed by atoms with Crippen molar-refractivity contribution < 1.29 is 13.9 Å². The van der Waals surface area contributed by atoms with Crippen molar-refractivity contribution in [2.24, 2.45) is 0 Å². The van der Waals surface area contributed by atoms with E-state index < -0.39 is 6.10 Å². The summed E-state index contributed by atoms with van der Waals surface area (Å²) in [5.41, 5.74) is 0.737. The maximum atomic E-state index is 13.4. The van der Waals surface area contributed by atoms with E-state index in [0.29, 0.717) is 31.3 Å². The van der Waals surface area contributed by atoms with Crippen molar-refractivity contribution in [3.63, 3.8) is 0 Å². The summed E-state index contributed by atoms with van der Waals surface area (Å²) in [7, 11) is 0. The lowest BCUT2D eigenvalue weighted by Gasteiger charge is -2.19. The van der Waals surface area contributed by atoms with Crippen LogP contribution in [0.1, 0.15) is 38.7 Å². The van der Waals surface area contributed by atoms with Crippen LogP contribution in [-0.2, 0) is 11.3 Å². The van der Waals surface area contributed by atoms with E-state index in [1.54, 1.807) is 6.07 Å². The summed E-state index contributed by atoms with van der Waals surface area (Å²) in [4.78, 5) is 11.9. The van der Waals surface area contributed by atoms with Crippen molar-refractivity contribution in [2.45, 2.75) is 51.8 Å². The molecule has 1 aliphatic heterocycles. The Balaban J connectivity index is 2.12. The van der Waals surface area contributed by atoms with E-state index in [9.17, 15) is 9.18 Å². The molecule has 2 N–H and O–H groups in total. The van der Waals surface area contributed by atoms with Crippen molar-refractivity contribution in [3.05, 3.63) is 29.6 Å². The van der Waals surface area contributed by atoms with Gasteiger partial charge in [0.1, 0.15) is 11.6 Å². The molecule has 1 aliphatic rings. The van der Waals surface area contributed by atoms with Gasteiger partial charge in [0.05, 0.1) is 0 Å². The van der Waals surface area contributed by atoms with E-state index in [-0.39, 0.29) is 11.7 Å². The highest BCUT2D eigenvalue weighted by Crippen LogP contribution is 2.23. The van der Waals surface area contributed by atoms with Crippen LogP contribution in [0, 0.1) is 5.82 Å². The summed E-state index contributed by atoms with van der Waals surface area (Å²) in [6, 6.07) is 4.72. The van der Waals surface area contributed by atoms with Crippen molar-refractivity contribution in [1.29, 1.82) is 0 Å². The molecule has 1 heterocycles. The van der Waals surface area contributed by atoms with E-state index in [1.807, 2.05) is 13.8 Å². The fourth-order valence-corrected chi connectivity index (χ4v) is 2.29. The lowest BCUT2D eigenvalue weighted by atomic mass is 10.1. The fourth-order valence-electron chi connectivity index (χ4n) is 2.29. The minimum absolute atomic E-state index is 0.0837. The van der Waals surface area contributed by atoms with E-state index >= 15 is 0 Å². The van der Waals surface area contributed by atoms with Crippen LogP contribution in [0.5, 0.6) is 5.75 Å². The molecular formula is C16H23FN2O2. The molecule has 4 nitrogen and oxygen atoms in total. The molecule has 0 radical (unpaired) electrons. The number of carbonyl (C=O) groups is 1. The number of rotatable bonds is 5. The molecule has 0 saturated carbocycles. The van der Waals surface area contributed by atoms with Gasteiger partial charge in [-0.2, -0.15) is 0 Å². The van der Waals surface area contributed by atoms with Crippen LogP contribution >= 0.6 is 0 Å². The lowest BCUT2D eigenvalue weighted by Crippen LogP contribution is -2.36. The van der Waals surface area contributed by atoms with Gasteiger partial charge in [0, 0.05) is 24.7 Å². The quantitative estimate of drug-likeness (QED) is 0.876. The third-order valence-electron chi connectivity index (χ3n) is 3.48. The Bertz CT molecular complexity index is 491. The Kier molecular flexibility index (Phi) is 5.56. The van der Waals surface area contributed by atoms with Crippen LogP contribution in [0.25, 0.3) is 0 Å². The molecular weight excluding hydrogens is 271 g/mol. The molecule has 1 saturated heterocycles. The number of carbonyl (C=O) groups excluding carboxylic acids is 1. The average molecular weight is 294 g/mol. The zero-order chi connectivity index (χ0) is 15.2. The van der Waals surface area contributed by atoms with Gasteiger partial charge in [0.2, 0.25) is 0 Å². The molecule has 2 rings (SSSR count). The summed E-state index contributed by atoms with van der Waals surface area (Å²) in [6.45, 7) is 5.26. The smallest absolute Gasteiger partial charge is 0.261 e. The van der Waals surface area contributed by atoms with E-state index in [4.69, 9.17) is 4.74 Å². The van der Waals surface area contributed by atoms with Gasteiger partial charge in [0.15, 0.2) is 6.10 Å². The first-order valence-electron chi connectivity index (χ1n) is 7.52. The van der Waals surface area contributed by atoms with Gasteiger partial charge in [-0.05, 0) is 37.5 Å². The van der Waals surface area contributed by atoms with Crippen LogP contribution in [-0.4, -0.2) is 24.6 Å². The second-order valence-electron chi connectivity index (χ2n) is 5.68. The fraction of sp³-hybridized carbons (Fsp3) is 0.562. The summed E-state index contributed by atoms with van der Waals surface area (Å²) < 4.78 is 19.3. The Morgan fingerprint density at radius 2 is 2.24 bits per heavy atom. The lowest BCUT2D eigenvalue weighted by molar-refractivity contribution is -0.127. The number of ether oxygens (including phenoxy) is 1. The number of amides is 1. The van der Waals surface area contributed by atoms with Gasteiger partial charge in [-0.15, -0.1) is 0 Å². The molecule has 1 aromatic carbocycles. The molecule has 21 heavy (non-hydrogen) atoms. The van der Waals surface area contributed by atoms with E-state index in [1.165, 1.54) is 12.1 Å². The first-order chi connectivity index (χ1) is 10.1. The van der Waals surface area contributed by atoms with E-state index in [0.717, 1.165) is 18.4 Å². The SMILES string of the molecule is CC(C)NCc1cc(F)ccc1OC1CCCCNC1=O. The largest absolute Gasteiger partial charge is 0.480 e. The first-order valence-corrected chi connectivity index (χ1v) is 7.52. The molecule has 0 aliphatic carbocycles. The summed E-state index contributed by atoms with van der Waals surface area (Å²) in [6.07, 6.45) is 2.12. The summed E-state index contributed by atoms with van der Waals surface area (Å²) >= 11 is 0. The normalized spacial score (nSPS) is 19.2. The van der Waals surface area contributed by atoms with Crippen LogP contribution in [0.3, 0.4) is 0 Å². The van der Waals surface area contributed by atoms with Gasteiger partial charge >= 0.3 is 0 Å². The maximum absolute atomic E-state index is 13.4. The van der Waals surface area contributed by atoms with Crippen molar-refractivity contribution in [1.82, 2.24) is 10.6 Å². The number of hydrogen-bond acceptors (Lipinski definition) is 3. The van der Waals surface area contributed by atoms with Gasteiger partial charge < -0.3 is 15.4 Å². The standard InChI is InChI=1S/C16H23FN2O2/c1-11(2)19-10-12-9-13(17)6-7-14(12)21-15-5-3-4-8-18-16(15)20/h6-7,9,11,15,19H,3-5,8,10H2,1-2H3,(H,18,20). The molecule has 1 amide bonds. The molecule has 1 aromatic rings. The molecule has 116 valence electrons. The van der Waals surface area contributed by atoms with Gasteiger partial charge in [-0.3, -0.25) is 4.79 Å².